The molecule has 1 amide bonds. The van der Waals surface area contributed by atoms with Crippen molar-refractivity contribution in [3.8, 4) is 0 Å². The number of rotatable bonds is 3. The molecular weight excluding hydrogens is 366 g/mol. The summed E-state index contributed by atoms with van der Waals surface area (Å²) in [5, 5.41) is 0. The Kier molecular flexibility index (Phi) is 4.55. The summed E-state index contributed by atoms with van der Waals surface area (Å²) in [6.07, 6.45) is 8.79. The van der Waals surface area contributed by atoms with Gasteiger partial charge in [-0.25, -0.2) is 0 Å². The molecule has 4 nitrogen and oxygen atoms in total. The number of likely N-dealkylation sites (tertiary alicyclic amines) is 2. The van der Waals surface area contributed by atoms with Gasteiger partial charge in [-0.2, -0.15) is 0 Å². The Morgan fingerprint density at radius 3 is 2.68 bits per heavy atom. The number of aromatic nitrogens is 1. The van der Waals surface area contributed by atoms with Crippen molar-refractivity contribution in [2.45, 2.75) is 69.6 Å². The lowest BCUT2D eigenvalue weighted by Gasteiger charge is -2.49. The minimum absolute atomic E-state index is 0.198. The van der Waals surface area contributed by atoms with Crippen LogP contribution in [0.3, 0.4) is 0 Å². The van der Waals surface area contributed by atoms with Crippen molar-refractivity contribution in [2.75, 3.05) is 7.05 Å². The fraction of sp³-hybridized carbons (Fsp3) is 0.565. The van der Waals surface area contributed by atoms with Gasteiger partial charge < -0.3 is 4.90 Å². The van der Waals surface area contributed by atoms with E-state index in [4.69, 9.17) is 0 Å². The Morgan fingerprint density at radius 2 is 1.96 bits per heavy atom. The van der Waals surface area contributed by atoms with Crippen LogP contribution in [0.1, 0.15) is 54.3 Å². The first-order chi connectivity index (χ1) is 13.6. The molecule has 0 unspecified atom stereocenters. The zero-order valence-electron chi connectivity index (χ0n) is 16.8. The minimum Gasteiger partial charge on any atom is -0.330 e. The van der Waals surface area contributed by atoms with E-state index < -0.39 is 0 Å². The topological polar surface area (TPSA) is 36.4 Å². The van der Waals surface area contributed by atoms with Gasteiger partial charge in [0, 0.05) is 29.6 Å². The Labute approximate surface area is 171 Å². The fourth-order valence-corrected chi connectivity index (χ4v) is 7.00. The highest BCUT2D eigenvalue weighted by molar-refractivity contribution is 7.11. The van der Waals surface area contributed by atoms with Gasteiger partial charge in [0.25, 0.3) is 5.91 Å². The predicted molar refractivity (Wildman–Crippen MR) is 113 cm³/mol. The average Bonchev–Trinajstić information content (AvgIpc) is 3.28. The van der Waals surface area contributed by atoms with E-state index in [-0.39, 0.29) is 17.4 Å². The molecule has 2 aliphatic heterocycles. The molecule has 5 atom stereocenters. The van der Waals surface area contributed by atoms with E-state index in [0.717, 1.165) is 24.1 Å². The normalized spacial score (nSPS) is 35.0. The SMILES string of the molecule is CN1[C@H](Cc2ccccc2)[C@@H]2C[C@@]3(C)[C@H](CCCC[C@@H]13)N2C(=O)c1cncs1. The Hall–Kier alpha value is -1.72. The Bertz CT molecular complexity index is 839. The third-order valence-corrected chi connectivity index (χ3v) is 8.45. The van der Waals surface area contributed by atoms with Crippen LogP contribution in [0.2, 0.25) is 0 Å². The van der Waals surface area contributed by atoms with Crippen molar-refractivity contribution in [1.29, 1.82) is 0 Å². The monoisotopic (exact) mass is 395 g/mol. The number of piperidine rings is 1. The molecule has 2 bridgehead atoms. The molecule has 0 radical (unpaired) electrons. The molecule has 1 aromatic carbocycles. The number of likely N-dealkylation sites (N-methyl/N-ethyl adjacent to an activating group) is 1. The molecule has 148 valence electrons. The number of benzene rings is 1. The lowest BCUT2D eigenvalue weighted by molar-refractivity contribution is 0.0156. The van der Waals surface area contributed by atoms with Gasteiger partial charge in [0.05, 0.1) is 11.7 Å². The fourth-order valence-electron chi connectivity index (χ4n) is 6.44. The van der Waals surface area contributed by atoms with E-state index in [0.29, 0.717) is 18.1 Å². The number of fused-ring (bicyclic) bond motifs is 1. The summed E-state index contributed by atoms with van der Waals surface area (Å²) in [6, 6.07) is 12.4. The number of hydrogen-bond donors (Lipinski definition) is 0. The largest absolute Gasteiger partial charge is 0.330 e. The number of carbonyl (C=O) groups excluding carboxylic acids is 1. The lowest BCUT2D eigenvalue weighted by Crippen LogP contribution is -2.58. The maximum Gasteiger partial charge on any atom is 0.266 e. The summed E-state index contributed by atoms with van der Waals surface area (Å²) >= 11 is 1.48. The van der Waals surface area contributed by atoms with Crippen LogP contribution in [0, 0.1) is 5.41 Å². The van der Waals surface area contributed by atoms with Crippen LogP contribution in [-0.4, -0.2) is 51.9 Å². The summed E-state index contributed by atoms with van der Waals surface area (Å²) in [4.78, 5) is 23.5. The average molecular weight is 396 g/mol. The molecule has 0 N–H and O–H groups in total. The van der Waals surface area contributed by atoms with Crippen LogP contribution in [0.4, 0.5) is 0 Å². The molecule has 3 heterocycles. The first kappa shape index (κ1) is 18.3. The van der Waals surface area contributed by atoms with Crippen molar-refractivity contribution in [1.82, 2.24) is 14.8 Å². The highest BCUT2D eigenvalue weighted by Crippen LogP contribution is 2.55. The third kappa shape index (κ3) is 2.74. The van der Waals surface area contributed by atoms with E-state index in [9.17, 15) is 4.79 Å². The lowest BCUT2D eigenvalue weighted by atomic mass is 9.69. The second-order valence-electron chi connectivity index (χ2n) is 9.09. The van der Waals surface area contributed by atoms with Crippen molar-refractivity contribution in [3.63, 3.8) is 0 Å². The molecule has 2 aromatic rings. The van der Waals surface area contributed by atoms with Gasteiger partial charge in [-0.15, -0.1) is 11.3 Å². The molecule has 3 fully saturated rings. The molecule has 3 aliphatic rings. The summed E-state index contributed by atoms with van der Waals surface area (Å²) in [6.45, 7) is 2.45. The molecule has 2 saturated heterocycles. The van der Waals surface area contributed by atoms with Crippen molar-refractivity contribution < 1.29 is 4.79 Å². The summed E-state index contributed by atoms with van der Waals surface area (Å²) in [7, 11) is 2.31. The summed E-state index contributed by atoms with van der Waals surface area (Å²) < 4.78 is 0. The molecule has 1 aliphatic carbocycles. The van der Waals surface area contributed by atoms with Crippen molar-refractivity contribution in [3.05, 3.63) is 52.5 Å². The maximum atomic E-state index is 13.6. The number of hydrogen-bond acceptors (Lipinski definition) is 4. The first-order valence-electron chi connectivity index (χ1n) is 10.6. The van der Waals surface area contributed by atoms with Crippen molar-refractivity contribution >= 4 is 17.2 Å². The van der Waals surface area contributed by atoms with E-state index in [1.807, 2.05) is 0 Å². The minimum atomic E-state index is 0.198. The summed E-state index contributed by atoms with van der Waals surface area (Å²) in [5.74, 6) is 0.204. The molecule has 28 heavy (non-hydrogen) atoms. The maximum absolute atomic E-state index is 13.6. The number of nitrogens with zero attached hydrogens (tertiary/aromatic N) is 3. The van der Waals surface area contributed by atoms with Gasteiger partial charge in [0.1, 0.15) is 4.88 Å². The molecule has 1 saturated carbocycles. The number of thiazole rings is 1. The van der Waals surface area contributed by atoms with Crippen molar-refractivity contribution in [2.24, 2.45) is 5.41 Å². The van der Waals surface area contributed by atoms with Gasteiger partial charge in [0.2, 0.25) is 0 Å². The third-order valence-electron chi connectivity index (χ3n) is 7.69. The van der Waals surface area contributed by atoms with Crippen LogP contribution in [-0.2, 0) is 6.42 Å². The van der Waals surface area contributed by atoms with Gasteiger partial charge >= 0.3 is 0 Å². The van der Waals surface area contributed by atoms with E-state index in [2.05, 4.69) is 59.1 Å². The number of amides is 1. The molecule has 0 spiro atoms. The highest BCUT2D eigenvalue weighted by Gasteiger charge is 2.62. The van der Waals surface area contributed by atoms with Gasteiger partial charge in [-0.1, -0.05) is 50.1 Å². The smallest absolute Gasteiger partial charge is 0.266 e. The van der Waals surface area contributed by atoms with Crippen LogP contribution in [0.15, 0.2) is 42.0 Å². The predicted octanol–water partition coefficient (Wildman–Crippen LogP) is 4.23. The van der Waals surface area contributed by atoms with Crippen LogP contribution >= 0.6 is 11.3 Å². The Balaban J connectivity index is 1.56. The van der Waals surface area contributed by atoms with E-state index in [1.165, 1.54) is 36.2 Å². The van der Waals surface area contributed by atoms with Gasteiger partial charge in [-0.05, 0) is 38.3 Å². The number of carbonyl (C=O) groups is 1. The van der Waals surface area contributed by atoms with Gasteiger partial charge in [-0.3, -0.25) is 14.7 Å². The van der Waals surface area contributed by atoms with E-state index in [1.54, 1.807) is 11.7 Å². The Morgan fingerprint density at radius 1 is 1.21 bits per heavy atom. The zero-order chi connectivity index (χ0) is 19.3. The highest BCUT2D eigenvalue weighted by atomic mass is 32.1. The molecular formula is C23H29N3OS. The quantitative estimate of drug-likeness (QED) is 0.780. The second-order valence-corrected chi connectivity index (χ2v) is 9.98. The van der Waals surface area contributed by atoms with Gasteiger partial charge in [0.15, 0.2) is 0 Å². The van der Waals surface area contributed by atoms with Crippen LogP contribution in [0.25, 0.3) is 0 Å². The standard InChI is InChI=1S/C23H29N3OS/c1-23-13-18-17(12-16-8-4-3-5-9-16)25(2)20(23)10-6-7-11-21(23)26(18)22(27)19-14-24-15-28-19/h3-5,8-9,14-15,17-18,20-21H,6-7,10-13H2,1-2H3/t17-,18+,20-,21+,23-/m1/s1. The summed E-state index contributed by atoms with van der Waals surface area (Å²) in [5.41, 5.74) is 3.34. The zero-order valence-corrected chi connectivity index (χ0v) is 17.6. The second kappa shape index (κ2) is 6.96. The molecule has 5 rings (SSSR count). The van der Waals surface area contributed by atoms with E-state index >= 15 is 0 Å². The first-order valence-corrected chi connectivity index (χ1v) is 11.4. The molecule has 1 aromatic heterocycles. The van der Waals surface area contributed by atoms with Crippen LogP contribution < -0.4 is 0 Å². The molecule has 5 heteroatoms. The van der Waals surface area contributed by atoms with Crippen LogP contribution in [0.5, 0.6) is 0 Å².